The summed E-state index contributed by atoms with van der Waals surface area (Å²) in [5, 5.41) is 0.0870. The summed E-state index contributed by atoms with van der Waals surface area (Å²) in [6.07, 6.45) is 3.62. The minimum atomic E-state index is -1.98. The van der Waals surface area contributed by atoms with Gasteiger partial charge in [-0.3, -0.25) is 4.79 Å². The Balaban J connectivity index is 1.85. The third kappa shape index (κ3) is 5.01. The van der Waals surface area contributed by atoms with Gasteiger partial charge < -0.3 is 13.9 Å². The number of rotatable bonds is 6. The lowest BCUT2D eigenvalue weighted by Gasteiger charge is -2.42. The summed E-state index contributed by atoms with van der Waals surface area (Å²) in [6, 6.07) is 9.04. The molecule has 1 saturated carbocycles. The average Bonchev–Trinajstić information content (AvgIpc) is 3.12. The highest BCUT2D eigenvalue weighted by molar-refractivity contribution is 6.74. The zero-order valence-electron chi connectivity index (χ0n) is 20.5. The first-order chi connectivity index (χ1) is 15.0. The number of ether oxygens (including phenoxy) is 2. The van der Waals surface area contributed by atoms with Crippen molar-refractivity contribution in [3.8, 4) is 0 Å². The molecule has 5 nitrogen and oxygen atoms in total. The predicted octanol–water partition coefficient (Wildman–Crippen LogP) is 5.63. The van der Waals surface area contributed by atoms with Crippen LogP contribution in [0.4, 0.5) is 0 Å². The van der Waals surface area contributed by atoms with Gasteiger partial charge in [0.25, 0.3) is 0 Å². The van der Waals surface area contributed by atoms with E-state index in [0.29, 0.717) is 12.2 Å². The van der Waals surface area contributed by atoms with Crippen molar-refractivity contribution in [2.45, 2.75) is 64.8 Å². The largest absolute Gasteiger partial charge is 0.469 e. The molecule has 0 unspecified atom stereocenters. The van der Waals surface area contributed by atoms with Crippen molar-refractivity contribution < 1.29 is 23.5 Å². The molecule has 0 radical (unpaired) electrons. The maximum Gasteiger partial charge on any atom is 0.338 e. The monoisotopic (exact) mass is 458 g/mol. The molecular weight excluding hydrogens is 420 g/mol. The number of carbonyl (C=O) groups excluding carboxylic acids is 2. The highest BCUT2D eigenvalue weighted by Crippen LogP contribution is 2.49. The van der Waals surface area contributed by atoms with Gasteiger partial charge >= 0.3 is 11.9 Å². The number of methoxy groups -OCH3 is 1. The molecule has 0 spiro atoms. The highest BCUT2D eigenvalue weighted by atomic mass is 28.4. The molecular formula is C26H38O5Si. The van der Waals surface area contributed by atoms with Crippen LogP contribution < -0.4 is 0 Å². The molecule has 5 atom stereocenters. The van der Waals surface area contributed by atoms with Crippen LogP contribution in [0, 0.1) is 23.7 Å². The molecule has 32 heavy (non-hydrogen) atoms. The molecule has 3 rings (SSSR count). The fourth-order valence-corrected chi connectivity index (χ4v) is 5.88. The van der Waals surface area contributed by atoms with Gasteiger partial charge in [0.1, 0.15) is 6.10 Å². The molecule has 1 aromatic carbocycles. The smallest absolute Gasteiger partial charge is 0.338 e. The normalized spacial score (nSPS) is 28.0. The number of benzene rings is 1. The highest BCUT2D eigenvalue weighted by Gasteiger charge is 2.52. The number of esters is 2. The number of carbonyl (C=O) groups is 2. The molecule has 2 aliphatic carbocycles. The molecule has 0 heterocycles. The summed E-state index contributed by atoms with van der Waals surface area (Å²) in [5.74, 6) is -0.910. The Morgan fingerprint density at radius 3 is 2.34 bits per heavy atom. The van der Waals surface area contributed by atoms with Crippen molar-refractivity contribution >= 4 is 20.3 Å². The van der Waals surface area contributed by atoms with Gasteiger partial charge in [-0.2, -0.15) is 0 Å². The maximum atomic E-state index is 13.1. The summed E-state index contributed by atoms with van der Waals surface area (Å²) < 4.78 is 17.8. The van der Waals surface area contributed by atoms with E-state index in [0.717, 1.165) is 12.8 Å². The van der Waals surface area contributed by atoms with Crippen molar-refractivity contribution in [2.24, 2.45) is 23.7 Å². The van der Waals surface area contributed by atoms with Crippen molar-refractivity contribution in [2.75, 3.05) is 13.7 Å². The Labute approximate surface area is 193 Å². The van der Waals surface area contributed by atoms with Gasteiger partial charge in [0.2, 0.25) is 0 Å². The van der Waals surface area contributed by atoms with Crippen molar-refractivity contribution in [1.29, 1.82) is 0 Å². The van der Waals surface area contributed by atoms with Crippen LogP contribution in [-0.4, -0.2) is 40.1 Å². The fraction of sp³-hybridized carbons (Fsp3) is 0.615. The quantitative estimate of drug-likeness (QED) is 0.314. The van der Waals surface area contributed by atoms with E-state index in [9.17, 15) is 9.59 Å². The van der Waals surface area contributed by atoms with Crippen molar-refractivity contribution in [3.63, 3.8) is 0 Å². The van der Waals surface area contributed by atoms with E-state index < -0.39 is 8.32 Å². The molecule has 0 amide bonds. The summed E-state index contributed by atoms with van der Waals surface area (Å²) in [7, 11) is -0.537. The predicted molar refractivity (Wildman–Crippen MR) is 128 cm³/mol. The minimum absolute atomic E-state index is 0.0751. The molecule has 0 aliphatic heterocycles. The molecule has 1 aromatic rings. The molecule has 0 aromatic heterocycles. The minimum Gasteiger partial charge on any atom is -0.469 e. The van der Waals surface area contributed by atoms with E-state index >= 15 is 0 Å². The zero-order chi connectivity index (χ0) is 23.7. The van der Waals surface area contributed by atoms with Crippen LogP contribution in [0.3, 0.4) is 0 Å². The molecule has 2 aliphatic rings. The Bertz CT molecular complexity index is 855. The average molecular weight is 459 g/mol. The first-order valence-electron chi connectivity index (χ1n) is 11.6. The standard InChI is InChI=1S/C26H38O5Si/c1-17-15-19-13-14-21(31-24(27)18-11-9-8-10-12-18)22(19)23(25(28)29-5)20(17)16-30-32(6,7)26(2,3)4/h8-12,15,19-23H,13-14,16H2,1-7H3/t19-,20+,21+,22-,23+/m0/s1. The van der Waals surface area contributed by atoms with Gasteiger partial charge in [0.15, 0.2) is 8.32 Å². The fourth-order valence-electron chi connectivity index (χ4n) is 4.85. The van der Waals surface area contributed by atoms with E-state index in [2.05, 4.69) is 46.9 Å². The van der Waals surface area contributed by atoms with Crippen LogP contribution in [0.25, 0.3) is 0 Å². The van der Waals surface area contributed by atoms with Gasteiger partial charge in [0.05, 0.1) is 18.6 Å². The van der Waals surface area contributed by atoms with Crippen molar-refractivity contribution in [1.82, 2.24) is 0 Å². The van der Waals surface area contributed by atoms with E-state index in [4.69, 9.17) is 13.9 Å². The third-order valence-electron chi connectivity index (χ3n) is 7.79. The lowest BCUT2D eigenvalue weighted by molar-refractivity contribution is -0.153. The van der Waals surface area contributed by atoms with Gasteiger partial charge in [0, 0.05) is 18.4 Å². The van der Waals surface area contributed by atoms with Crippen LogP contribution in [0.5, 0.6) is 0 Å². The van der Waals surface area contributed by atoms with Crippen LogP contribution >= 0.6 is 0 Å². The van der Waals surface area contributed by atoms with Crippen LogP contribution in [0.2, 0.25) is 18.1 Å². The second-order valence-electron chi connectivity index (χ2n) is 10.8. The summed E-state index contributed by atoms with van der Waals surface area (Å²) >= 11 is 0. The van der Waals surface area contributed by atoms with E-state index in [1.165, 1.54) is 12.7 Å². The van der Waals surface area contributed by atoms with Gasteiger partial charge in [-0.05, 0) is 55.9 Å². The second kappa shape index (κ2) is 9.52. The van der Waals surface area contributed by atoms with Crippen LogP contribution in [0.15, 0.2) is 42.0 Å². The zero-order valence-corrected chi connectivity index (χ0v) is 21.5. The molecule has 0 saturated heterocycles. The number of fused-ring (bicyclic) bond motifs is 1. The number of hydrogen-bond donors (Lipinski definition) is 0. The summed E-state index contributed by atoms with van der Waals surface area (Å²) in [5.41, 5.74) is 1.71. The summed E-state index contributed by atoms with van der Waals surface area (Å²) in [6.45, 7) is 13.7. The van der Waals surface area contributed by atoms with Gasteiger partial charge in [-0.25, -0.2) is 4.79 Å². The SMILES string of the molecule is COC(=O)[C@H]1[C@H]2[C@H](C=C(C)[C@H]1CO[Si](C)(C)C(C)(C)C)CC[C@H]2OC(=O)c1ccccc1. The first-order valence-corrected chi connectivity index (χ1v) is 14.5. The first kappa shape index (κ1) is 24.7. The maximum absolute atomic E-state index is 13.1. The van der Waals surface area contributed by atoms with Crippen LogP contribution in [-0.2, 0) is 18.7 Å². The number of hydrogen-bond acceptors (Lipinski definition) is 5. The molecule has 0 N–H and O–H groups in total. The second-order valence-corrected chi connectivity index (χ2v) is 15.6. The third-order valence-corrected chi connectivity index (χ3v) is 12.3. The Morgan fingerprint density at radius 2 is 1.75 bits per heavy atom. The topological polar surface area (TPSA) is 61.8 Å². The van der Waals surface area contributed by atoms with E-state index in [-0.39, 0.29) is 46.8 Å². The lowest BCUT2D eigenvalue weighted by Crippen LogP contribution is -2.47. The van der Waals surface area contributed by atoms with E-state index in [1.54, 1.807) is 12.1 Å². The Kier molecular flexibility index (Phi) is 7.35. The molecule has 0 bridgehead atoms. The molecule has 176 valence electrons. The number of allylic oxidation sites excluding steroid dienone is 1. The van der Waals surface area contributed by atoms with Crippen LogP contribution in [0.1, 0.15) is 50.9 Å². The van der Waals surface area contributed by atoms with Gasteiger partial charge in [-0.15, -0.1) is 0 Å². The Morgan fingerprint density at radius 1 is 1.09 bits per heavy atom. The summed E-state index contributed by atoms with van der Waals surface area (Å²) in [4.78, 5) is 25.8. The molecule has 6 heteroatoms. The lowest BCUT2D eigenvalue weighted by atomic mass is 9.68. The van der Waals surface area contributed by atoms with Crippen molar-refractivity contribution in [3.05, 3.63) is 47.5 Å². The Hall–Kier alpha value is -1.92. The van der Waals surface area contributed by atoms with Gasteiger partial charge in [-0.1, -0.05) is 50.6 Å². The molecule has 1 fully saturated rings. The van der Waals surface area contributed by atoms with E-state index in [1.807, 2.05) is 18.2 Å².